The fraction of sp³-hybridized carbons (Fsp3) is 0.800. The molecule has 0 radical (unpaired) electrons. The molecule has 0 aromatic carbocycles. The van der Waals surface area contributed by atoms with E-state index in [2.05, 4.69) is 0 Å². The van der Waals surface area contributed by atoms with Crippen molar-refractivity contribution in [2.75, 3.05) is 0 Å². The van der Waals surface area contributed by atoms with Crippen LogP contribution in [0.1, 0.15) is 33.6 Å². The minimum Gasteiger partial charge on any atom is -0.299 e. The first-order valence-electron chi connectivity index (χ1n) is 4.45. The smallest absolute Gasteiger partial charge is 0.140 e. The Morgan fingerprint density at radius 2 is 1.83 bits per heavy atom. The fourth-order valence-electron chi connectivity index (χ4n) is 2.72. The Morgan fingerprint density at radius 3 is 2.08 bits per heavy atom. The third-order valence-corrected chi connectivity index (χ3v) is 4.21. The highest BCUT2D eigenvalue weighted by atomic mass is 16.1. The molecule has 0 unspecified atom stereocenters. The van der Waals surface area contributed by atoms with Crippen molar-refractivity contribution in [3.8, 4) is 0 Å². The third kappa shape index (κ3) is 0.584. The lowest BCUT2D eigenvalue weighted by Gasteiger charge is -2.31. The minimum atomic E-state index is -0.352. The van der Waals surface area contributed by atoms with Crippen LogP contribution in [-0.4, -0.2) is 11.6 Å². The van der Waals surface area contributed by atoms with Crippen molar-refractivity contribution in [1.29, 1.82) is 0 Å². The van der Waals surface area contributed by atoms with Gasteiger partial charge in [-0.1, -0.05) is 20.8 Å². The molecule has 2 bridgehead atoms. The van der Waals surface area contributed by atoms with Crippen molar-refractivity contribution in [3.63, 3.8) is 0 Å². The molecule has 0 amide bonds. The molecule has 0 N–H and O–H groups in total. The third-order valence-electron chi connectivity index (χ3n) is 4.21. The van der Waals surface area contributed by atoms with Crippen molar-refractivity contribution in [3.05, 3.63) is 0 Å². The Labute approximate surface area is 72.3 Å². The summed E-state index contributed by atoms with van der Waals surface area (Å²) in [6, 6.07) is 0. The zero-order valence-corrected chi connectivity index (χ0v) is 7.81. The summed E-state index contributed by atoms with van der Waals surface area (Å²) in [6.45, 7) is 6.04. The monoisotopic (exact) mass is 166 g/mol. The second-order valence-corrected chi connectivity index (χ2v) is 4.88. The van der Waals surface area contributed by atoms with Crippen LogP contribution in [0.5, 0.6) is 0 Å². The number of rotatable bonds is 0. The molecule has 2 aliphatic rings. The summed E-state index contributed by atoms with van der Waals surface area (Å²) in [5.41, 5.74) is -0.448. The molecule has 2 atom stereocenters. The van der Waals surface area contributed by atoms with Crippen molar-refractivity contribution >= 4 is 11.6 Å². The average Bonchev–Trinajstić information content (AvgIpc) is 2.18. The molecule has 2 rings (SSSR count). The van der Waals surface area contributed by atoms with Crippen LogP contribution >= 0.6 is 0 Å². The van der Waals surface area contributed by atoms with E-state index in [-0.39, 0.29) is 22.5 Å². The predicted molar refractivity (Wildman–Crippen MR) is 44.6 cm³/mol. The first-order valence-corrected chi connectivity index (χ1v) is 4.45. The van der Waals surface area contributed by atoms with Gasteiger partial charge in [-0.15, -0.1) is 0 Å². The summed E-state index contributed by atoms with van der Waals surface area (Å²) in [5.74, 6) is 0.592. The normalized spacial score (nSPS) is 44.1. The van der Waals surface area contributed by atoms with E-state index >= 15 is 0 Å². The highest BCUT2D eigenvalue weighted by Gasteiger charge is 2.65. The van der Waals surface area contributed by atoms with Crippen LogP contribution < -0.4 is 0 Å². The van der Waals surface area contributed by atoms with Crippen molar-refractivity contribution in [1.82, 2.24) is 0 Å². The summed E-state index contributed by atoms with van der Waals surface area (Å²) in [7, 11) is 0. The standard InChI is InChI=1S/C10H14O2/c1-9(2)6-4-8(12)10(9,3)5-7(6)11/h6H,4-5H2,1-3H3/t6-,10+/m1/s1. The molecule has 2 nitrogen and oxygen atoms in total. The molecule has 0 spiro atoms. The van der Waals surface area contributed by atoms with E-state index in [0.29, 0.717) is 18.6 Å². The molecule has 2 heteroatoms. The molecule has 0 aromatic rings. The summed E-state index contributed by atoms with van der Waals surface area (Å²) in [5, 5.41) is 0. The highest BCUT2D eigenvalue weighted by molar-refractivity contribution is 6.04. The lowest BCUT2D eigenvalue weighted by molar-refractivity contribution is -0.133. The van der Waals surface area contributed by atoms with Crippen LogP contribution in [0.15, 0.2) is 0 Å². The van der Waals surface area contributed by atoms with Gasteiger partial charge in [0.15, 0.2) is 0 Å². The van der Waals surface area contributed by atoms with Crippen LogP contribution in [-0.2, 0) is 9.59 Å². The first-order chi connectivity index (χ1) is 5.39. The lowest BCUT2D eigenvalue weighted by atomic mass is 9.70. The Bertz CT molecular complexity index is 278. The Morgan fingerprint density at radius 1 is 1.25 bits per heavy atom. The number of hydrogen-bond donors (Lipinski definition) is 0. The summed E-state index contributed by atoms with van der Waals surface area (Å²) >= 11 is 0. The molecule has 0 aliphatic heterocycles. The molecule has 0 heterocycles. The maximum absolute atomic E-state index is 11.6. The van der Waals surface area contributed by atoms with Gasteiger partial charge in [0, 0.05) is 24.2 Å². The molecule has 2 fully saturated rings. The number of ketones is 2. The van der Waals surface area contributed by atoms with Gasteiger partial charge >= 0.3 is 0 Å². The molecule has 0 saturated heterocycles. The van der Waals surface area contributed by atoms with E-state index in [1.807, 2.05) is 20.8 Å². The SMILES string of the molecule is CC1(C)[C@@H]2CC(=O)[C@]1(C)CC2=O. The van der Waals surface area contributed by atoms with Gasteiger partial charge in [0.2, 0.25) is 0 Å². The van der Waals surface area contributed by atoms with Crippen LogP contribution in [0.4, 0.5) is 0 Å². The first kappa shape index (κ1) is 7.96. The van der Waals surface area contributed by atoms with Gasteiger partial charge < -0.3 is 0 Å². The second kappa shape index (κ2) is 1.81. The zero-order valence-electron chi connectivity index (χ0n) is 7.81. The van der Waals surface area contributed by atoms with Gasteiger partial charge in [-0.2, -0.15) is 0 Å². The minimum absolute atomic E-state index is 0.00926. The van der Waals surface area contributed by atoms with E-state index < -0.39 is 0 Å². The molecule has 66 valence electrons. The molecular formula is C10H14O2. The van der Waals surface area contributed by atoms with Crippen molar-refractivity contribution < 1.29 is 9.59 Å². The maximum Gasteiger partial charge on any atom is 0.140 e. The Balaban J connectivity index is 2.54. The number of carbonyl (C=O) groups excluding carboxylic acids is 2. The van der Waals surface area contributed by atoms with Crippen molar-refractivity contribution in [2.24, 2.45) is 16.7 Å². The number of hydrogen-bond acceptors (Lipinski definition) is 2. The summed E-state index contributed by atoms with van der Waals surface area (Å²) < 4.78 is 0. The van der Waals surface area contributed by atoms with E-state index in [1.54, 1.807) is 0 Å². The molecule has 0 aromatic heterocycles. The van der Waals surface area contributed by atoms with Crippen LogP contribution in [0.25, 0.3) is 0 Å². The van der Waals surface area contributed by atoms with Crippen LogP contribution in [0.2, 0.25) is 0 Å². The topological polar surface area (TPSA) is 34.1 Å². The van der Waals surface area contributed by atoms with Gasteiger partial charge in [0.05, 0.1) is 0 Å². The van der Waals surface area contributed by atoms with Gasteiger partial charge in [-0.3, -0.25) is 9.59 Å². The van der Waals surface area contributed by atoms with E-state index in [1.165, 1.54) is 0 Å². The largest absolute Gasteiger partial charge is 0.299 e. The average molecular weight is 166 g/mol. The summed E-state index contributed by atoms with van der Waals surface area (Å²) in [4.78, 5) is 23.0. The van der Waals surface area contributed by atoms with E-state index in [0.717, 1.165) is 0 Å². The van der Waals surface area contributed by atoms with Crippen LogP contribution in [0, 0.1) is 16.7 Å². The Hall–Kier alpha value is -0.660. The van der Waals surface area contributed by atoms with Gasteiger partial charge in [0.25, 0.3) is 0 Å². The molecule has 12 heavy (non-hydrogen) atoms. The number of fused-ring (bicyclic) bond motifs is 2. The maximum atomic E-state index is 11.6. The zero-order chi connectivity index (χ0) is 9.15. The van der Waals surface area contributed by atoms with Crippen molar-refractivity contribution in [2.45, 2.75) is 33.6 Å². The second-order valence-electron chi connectivity index (χ2n) is 4.88. The highest BCUT2D eigenvalue weighted by Crippen LogP contribution is 2.61. The van der Waals surface area contributed by atoms with Gasteiger partial charge in [-0.05, 0) is 5.41 Å². The van der Waals surface area contributed by atoms with E-state index in [4.69, 9.17) is 0 Å². The fourth-order valence-corrected chi connectivity index (χ4v) is 2.72. The molecular weight excluding hydrogens is 152 g/mol. The van der Waals surface area contributed by atoms with E-state index in [9.17, 15) is 9.59 Å². The predicted octanol–water partition coefficient (Wildman–Crippen LogP) is 1.58. The molecule has 2 saturated carbocycles. The number of carbonyl (C=O) groups is 2. The van der Waals surface area contributed by atoms with Gasteiger partial charge in [0.1, 0.15) is 11.6 Å². The van der Waals surface area contributed by atoms with Gasteiger partial charge in [-0.25, -0.2) is 0 Å². The number of Topliss-reactive ketones (excluding diaryl/α,β-unsaturated/α-hetero) is 2. The summed E-state index contributed by atoms with van der Waals surface area (Å²) in [6.07, 6.45) is 0.964. The molecule has 2 aliphatic carbocycles. The Kier molecular flexibility index (Phi) is 1.20. The quantitative estimate of drug-likeness (QED) is 0.547. The lowest BCUT2D eigenvalue weighted by Crippen LogP contribution is -2.32. The van der Waals surface area contributed by atoms with Crippen LogP contribution in [0.3, 0.4) is 0 Å².